The molecule has 0 spiro atoms. The third-order valence-corrected chi connectivity index (χ3v) is 1.88. The lowest BCUT2D eigenvalue weighted by atomic mass is 10.3. The lowest BCUT2D eigenvalue weighted by molar-refractivity contribution is 0.545. The first kappa shape index (κ1) is 9.57. The smallest absolute Gasteiger partial charge is 0.328 e. The molecule has 5 nitrogen and oxygen atoms in total. The Kier molecular flexibility index (Phi) is 2.27. The molecule has 0 aromatic carbocycles. The molecule has 0 amide bonds. The van der Waals surface area contributed by atoms with Crippen molar-refractivity contribution in [2.75, 3.05) is 5.73 Å². The monoisotopic (exact) mass is 183 g/mol. The fourth-order valence-electron chi connectivity index (χ4n) is 1.14. The van der Waals surface area contributed by atoms with Crippen LogP contribution in [-0.4, -0.2) is 9.55 Å². The van der Waals surface area contributed by atoms with Crippen LogP contribution < -0.4 is 17.0 Å². The van der Waals surface area contributed by atoms with E-state index in [9.17, 15) is 9.59 Å². The minimum absolute atomic E-state index is 0.105. The zero-order valence-corrected chi connectivity index (χ0v) is 7.92. The molecule has 0 saturated carbocycles. The van der Waals surface area contributed by atoms with Gasteiger partial charge < -0.3 is 10.7 Å². The van der Waals surface area contributed by atoms with E-state index in [1.807, 2.05) is 0 Å². The second-order valence-corrected chi connectivity index (χ2v) is 3.24. The quantitative estimate of drug-likeness (QED) is 0.643. The molecule has 0 fully saturated rings. The summed E-state index contributed by atoms with van der Waals surface area (Å²) >= 11 is 0. The van der Waals surface area contributed by atoms with Crippen molar-refractivity contribution in [2.24, 2.45) is 0 Å². The molecule has 0 bridgehead atoms. The number of anilines is 1. The van der Waals surface area contributed by atoms with Crippen molar-refractivity contribution >= 4 is 5.69 Å². The van der Waals surface area contributed by atoms with Crippen molar-refractivity contribution < 1.29 is 0 Å². The second-order valence-electron chi connectivity index (χ2n) is 3.24. The van der Waals surface area contributed by atoms with Crippen LogP contribution in [0.4, 0.5) is 5.69 Å². The van der Waals surface area contributed by atoms with Gasteiger partial charge in [0.25, 0.3) is 5.56 Å². The number of hydrogen-bond acceptors (Lipinski definition) is 3. The third kappa shape index (κ3) is 1.49. The van der Waals surface area contributed by atoms with Gasteiger partial charge in [0, 0.05) is 11.7 Å². The number of nitrogen functional groups attached to an aromatic ring is 1. The summed E-state index contributed by atoms with van der Waals surface area (Å²) in [6.45, 7) is 5.11. The van der Waals surface area contributed by atoms with Gasteiger partial charge in [0.05, 0.1) is 0 Å². The number of nitrogens with two attached hydrogens (primary N) is 1. The van der Waals surface area contributed by atoms with Gasteiger partial charge in [-0.1, -0.05) is 0 Å². The molecule has 1 rings (SSSR count). The molecule has 0 radical (unpaired) electrons. The predicted octanol–water partition coefficient (Wildman–Crippen LogP) is 0.00812. The van der Waals surface area contributed by atoms with E-state index in [2.05, 4.69) is 4.98 Å². The predicted molar refractivity (Wildman–Crippen MR) is 50.9 cm³/mol. The molecule has 0 aliphatic carbocycles. The van der Waals surface area contributed by atoms with E-state index in [0.29, 0.717) is 5.69 Å². The van der Waals surface area contributed by atoms with Crippen LogP contribution in [0, 0.1) is 6.92 Å². The zero-order chi connectivity index (χ0) is 10.2. The molecule has 72 valence electrons. The highest BCUT2D eigenvalue weighted by molar-refractivity contribution is 5.38. The van der Waals surface area contributed by atoms with Gasteiger partial charge in [-0.3, -0.25) is 9.36 Å². The molecule has 0 unspecified atom stereocenters. The number of aryl methyl sites for hydroxylation is 1. The first-order valence-corrected chi connectivity index (χ1v) is 4.06. The molecule has 1 heterocycles. The Morgan fingerprint density at radius 2 is 1.92 bits per heavy atom. The Balaban J connectivity index is 3.64. The summed E-state index contributed by atoms with van der Waals surface area (Å²) in [4.78, 5) is 25.3. The van der Waals surface area contributed by atoms with Gasteiger partial charge in [0.15, 0.2) is 0 Å². The van der Waals surface area contributed by atoms with E-state index >= 15 is 0 Å². The molecular formula is C8H13N3O2. The molecular weight excluding hydrogens is 170 g/mol. The SMILES string of the molecule is Cc1[nH]c(=O)n(C(C)C)c(=O)c1N. The molecule has 3 N–H and O–H groups in total. The summed E-state index contributed by atoms with van der Waals surface area (Å²) in [7, 11) is 0. The second kappa shape index (κ2) is 3.08. The van der Waals surface area contributed by atoms with Crippen LogP contribution in [0.1, 0.15) is 25.6 Å². The molecule has 5 heteroatoms. The van der Waals surface area contributed by atoms with Crippen LogP contribution in [-0.2, 0) is 0 Å². The van der Waals surface area contributed by atoms with Crippen LogP contribution in [0.5, 0.6) is 0 Å². The third-order valence-electron chi connectivity index (χ3n) is 1.88. The number of hydrogen-bond donors (Lipinski definition) is 2. The Hall–Kier alpha value is -1.52. The topological polar surface area (TPSA) is 80.9 Å². The number of aromatic nitrogens is 2. The van der Waals surface area contributed by atoms with E-state index in [-0.39, 0.29) is 11.7 Å². The maximum atomic E-state index is 11.5. The summed E-state index contributed by atoms with van der Waals surface area (Å²) in [5.74, 6) is 0. The summed E-state index contributed by atoms with van der Waals surface area (Å²) < 4.78 is 1.10. The lowest BCUT2D eigenvalue weighted by Gasteiger charge is -2.09. The van der Waals surface area contributed by atoms with E-state index in [1.165, 1.54) is 0 Å². The number of rotatable bonds is 1. The van der Waals surface area contributed by atoms with Crippen molar-refractivity contribution in [3.8, 4) is 0 Å². The van der Waals surface area contributed by atoms with Crippen molar-refractivity contribution in [1.29, 1.82) is 0 Å². The molecule has 0 aliphatic rings. The Labute approximate surface area is 75.2 Å². The van der Waals surface area contributed by atoms with E-state index in [1.54, 1.807) is 20.8 Å². The number of aromatic amines is 1. The van der Waals surface area contributed by atoms with Gasteiger partial charge in [-0.2, -0.15) is 0 Å². The van der Waals surface area contributed by atoms with Crippen molar-refractivity contribution in [1.82, 2.24) is 9.55 Å². The minimum atomic E-state index is -0.420. The van der Waals surface area contributed by atoms with Crippen molar-refractivity contribution in [2.45, 2.75) is 26.8 Å². The molecule has 1 aromatic heterocycles. The van der Waals surface area contributed by atoms with E-state index in [4.69, 9.17) is 5.73 Å². The van der Waals surface area contributed by atoms with Crippen LogP contribution in [0.3, 0.4) is 0 Å². The van der Waals surface area contributed by atoms with Crippen LogP contribution in [0.15, 0.2) is 9.59 Å². The van der Waals surface area contributed by atoms with Gasteiger partial charge >= 0.3 is 5.69 Å². The molecule has 13 heavy (non-hydrogen) atoms. The maximum Gasteiger partial charge on any atom is 0.328 e. The normalized spacial score (nSPS) is 10.8. The summed E-state index contributed by atoms with van der Waals surface area (Å²) in [5, 5.41) is 0. The Morgan fingerprint density at radius 3 is 2.38 bits per heavy atom. The van der Waals surface area contributed by atoms with E-state index in [0.717, 1.165) is 4.57 Å². The van der Waals surface area contributed by atoms with Crippen LogP contribution in [0.2, 0.25) is 0 Å². The zero-order valence-electron chi connectivity index (χ0n) is 7.92. The van der Waals surface area contributed by atoms with E-state index < -0.39 is 11.2 Å². The van der Waals surface area contributed by atoms with Gasteiger partial charge in [-0.25, -0.2) is 4.79 Å². The lowest BCUT2D eigenvalue weighted by Crippen LogP contribution is -2.38. The number of nitrogens with one attached hydrogen (secondary N) is 1. The van der Waals surface area contributed by atoms with Gasteiger partial charge in [0.2, 0.25) is 0 Å². The fraction of sp³-hybridized carbons (Fsp3) is 0.500. The van der Waals surface area contributed by atoms with Gasteiger partial charge in [-0.05, 0) is 20.8 Å². The molecule has 0 saturated heterocycles. The van der Waals surface area contributed by atoms with Gasteiger partial charge in [-0.15, -0.1) is 0 Å². The maximum absolute atomic E-state index is 11.5. The first-order chi connectivity index (χ1) is 5.95. The number of nitrogens with zero attached hydrogens (tertiary/aromatic N) is 1. The largest absolute Gasteiger partial charge is 0.393 e. The van der Waals surface area contributed by atoms with Crippen LogP contribution >= 0.6 is 0 Å². The highest BCUT2D eigenvalue weighted by atomic mass is 16.2. The number of H-pyrrole nitrogens is 1. The summed E-state index contributed by atoms with van der Waals surface area (Å²) in [5.41, 5.74) is 5.18. The standard InChI is InChI=1S/C8H13N3O2/c1-4(2)11-7(12)6(9)5(3)10-8(11)13/h4H,9H2,1-3H3,(H,10,13). The van der Waals surface area contributed by atoms with Crippen molar-refractivity contribution in [3.63, 3.8) is 0 Å². The van der Waals surface area contributed by atoms with Crippen LogP contribution in [0.25, 0.3) is 0 Å². The first-order valence-electron chi connectivity index (χ1n) is 4.06. The van der Waals surface area contributed by atoms with Crippen molar-refractivity contribution in [3.05, 3.63) is 26.5 Å². The Morgan fingerprint density at radius 1 is 1.38 bits per heavy atom. The molecule has 0 aliphatic heterocycles. The minimum Gasteiger partial charge on any atom is -0.393 e. The van der Waals surface area contributed by atoms with Gasteiger partial charge in [0.1, 0.15) is 5.69 Å². The summed E-state index contributed by atoms with van der Waals surface area (Å²) in [6.07, 6.45) is 0. The fourth-order valence-corrected chi connectivity index (χ4v) is 1.14. The average molecular weight is 183 g/mol. The summed E-state index contributed by atoms with van der Waals surface area (Å²) in [6, 6.07) is -0.181. The molecule has 0 atom stereocenters. The highest BCUT2D eigenvalue weighted by Crippen LogP contribution is 1.99. The Bertz CT molecular complexity index is 428. The highest BCUT2D eigenvalue weighted by Gasteiger charge is 2.10. The molecule has 1 aromatic rings. The average Bonchev–Trinajstić information content (AvgIpc) is 1.99.